The van der Waals surface area contributed by atoms with Gasteiger partial charge in [-0.15, -0.1) is 10.2 Å². The van der Waals surface area contributed by atoms with E-state index in [0.717, 1.165) is 34.2 Å². The lowest BCUT2D eigenvalue weighted by molar-refractivity contribution is 0.416. The van der Waals surface area contributed by atoms with Crippen molar-refractivity contribution < 1.29 is 4.74 Å². The van der Waals surface area contributed by atoms with Crippen LogP contribution in [0.3, 0.4) is 0 Å². The summed E-state index contributed by atoms with van der Waals surface area (Å²) in [6, 6.07) is 6.17. The number of benzene rings is 1. The molecule has 0 aliphatic rings. The molecule has 2 rings (SSSR count). The summed E-state index contributed by atoms with van der Waals surface area (Å²) in [6.45, 7) is 2.73. The first-order valence-corrected chi connectivity index (χ1v) is 6.79. The fourth-order valence-corrected chi connectivity index (χ4v) is 2.61. The van der Waals surface area contributed by atoms with Gasteiger partial charge >= 0.3 is 0 Å². The molecule has 0 saturated carbocycles. The van der Waals surface area contributed by atoms with Crippen LogP contribution in [0, 0.1) is 0 Å². The summed E-state index contributed by atoms with van der Waals surface area (Å²) in [6.07, 6.45) is 1.76. The SMILES string of the molecule is CCc1ccc(OC)c(-c2nnc(CCN)s2)c1. The summed E-state index contributed by atoms with van der Waals surface area (Å²) < 4.78 is 5.38. The standard InChI is InChI=1S/C13H17N3OS/c1-3-9-4-5-11(17-2)10(8-9)13-16-15-12(18-13)6-7-14/h4-5,8H,3,6-7,14H2,1-2H3. The van der Waals surface area contributed by atoms with Crippen molar-refractivity contribution in [1.29, 1.82) is 0 Å². The Hall–Kier alpha value is -1.46. The number of aryl methyl sites for hydroxylation is 1. The summed E-state index contributed by atoms with van der Waals surface area (Å²) in [4.78, 5) is 0. The lowest BCUT2D eigenvalue weighted by atomic mass is 10.1. The minimum absolute atomic E-state index is 0.598. The largest absolute Gasteiger partial charge is 0.496 e. The Balaban J connectivity index is 2.40. The molecule has 0 bridgehead atoms. The van der Waals surface area contributed by atoms with Crippen molar-refractivity contribution in [3.63, 3.8) is 0 Å². The van der Waals surface area contributed by atoms with E-state index in [1.54, 1.807) is 18.4 Å². The number of aromatic nitrogens is 2. The first-order chi connectivity index (χ1) is 8.78. The summed E-state index contributed by atoms with van der Waals surface area (Å²) in [5.74, 6) is 0.836. The Morgan fingerprint density at radius 1 is 1.33 bits per heavy atom. The zero-order valence-electron chi connectivity index (χ0n) is 10.6. The predicted molar refractivity (Wildman–Crippen MR) is 74.0 cm³/mol. The molecule has 0 atom stereocenters. The molecule has 5 heteroatoms. The van der Waals surface area contributed by atoms with Gasteiger partial charge in [-0.05, 0) is 30.7 Å². The Bertz CT molecular complexity index is 525. The van der Waals surface area contributed by atoms with Gasteiger partial charge in [0.15, 0.2) is 5.01 Å². The maximum Gasteiger partial charge on any atom is 0.151 e. The van der Waals surface area contributed by atoms with Crippen molar-refractivity contribution in [2.24, 2.45) is 5.73 Å². The molecule has 0 saturated heterocycles. The van der Waals surface area contributed by atoms with Crippen molar-refractivity contribution >= 4 is 11.3 Å². The number of ether oxygens (including phenoxy) is 1. The van der Waals surface area contributed by atoms with Crippen LogP contribution >= 0.6 is 11.3 Å². The molecular formula is C13H17N3OS. The fourth-order valence-electron chi connectivity index (χ4n) is 1.73. The molecule has 18 heavy (non-hydrogen) atoms. The highest BCUT2D eigenvalue weighted by Crippen LogP contribution is 2.33. The third kappa shape index (κ3) is 2.68. The Morgan fingerprint density at radius 3 is 2.83 bits per heavy atom. The van der Waals surface area contributed by atoms with E-state index in [1.807, 2.05) is 6.07 Å². The molecule has 0 spiro atoms. The van der Waals surface area contributed by atoms with Gasteiger partial charge in [0, 0.05) is 6.42 Å². The molecular weight excluding hydrogens is 246 g/mol. The van der Waals surface area contributed by atoms with E-state index >= 15 is 0 Å². The Kier molecular flexibility index (Phi) is 4.28. The van der Waals surface area contributed by atoms with Gasteiger partial charge in [-0.1, -0.05) is 24.3 Å². The van der Waals surface area contributed by atoms with E-state index in [-0.39, 0.29) is 0 Å². The van der Waals surface area contributed by atoms with Crippen LogP contribution in [-0.2, 0) is 12.8 Å². The fraction of sp³-hybridized carbons (Fsp3) is 0.385. The molecule has 4 nitrogen and oxygen atoms in total. The molecule has 0 unspecified atom stereocenters. The van der Waals surface area contributed by atoms with Gasteiger partial charge in [0.05, 0.1) is 12.7 Å². The molecule has 0 fully saturated rings. The summed E-state index contributed by atoms with van der Waals surface area (Å²) in [7, 11) is 1.67. The van der Waals surface area contributed by atoms with Gasteiger partial charge in [0.1, 0.15) is 10.8 Å². The summed E-state index contributed by atoms with van der Waals surface area (Å²) in [5.41, 5.74) is 7.80. The van der Waals surface area contributed by atoms with Crippen molar-refractivity contribution in [2.45, 2.75) is 19.8 Å². The number of nitrogens with zero attached hydrogens (tertiary/aromatic N) is 2. The van der Waals surface area contributed by atoms with Crippen LogP contribution in [0.4, 0.5) is 0 Å². The lowest BCUT2D eigenvalue weighted by Gasteiger charge is -2.07. The number of nitrogens with two attached hydrogens (primary N) is 1. The quantitative estimate of drug-likeness (QED) is 0.899. The summed E-state index contributed by atoms with van der Waals surface area (Å²) in [5, 5.41) is 10.2. The van der Waals surface area contributed by atoms with Crippen LogP contribution < -0.4 is 10.5 Å². The lowest BCUT2D eigenvalue weighted by Crippen LogP contribution is -2.01. The summed E-state index contributed by atoms with van der Waals surface area (Å²) >= 11 is 1.58. The van der Waals surface area contributed by atoms with Gasteiger partial charge in [-0.25, -0.2) is 0 Å². The van der Waals surface area contributed by atoms with Crippen LogP contribution in [0.5, 0.6) is 5.75 Å². The molecule has 0 aliphatic heterocycles. The van der Waals surface area contributed by atoms with Crippen molar-refractivity contribution in [2.75, 3.05) is 13.7 Å². The third-order valence-corrected chi connectivity index (χ3v) is 3.74. The number of rotatable bonds is 5. The molecule has 2 N–H and O–H groups in total. The maximum absolute atomic E-state index is 5.52. The maximum atomic E-state index is 5.52. The zero-order valence-corrected chi connectivity index (χ0v) is 11.5. The van der Waals surface area contributed by atoms with Crippen LogP contribution in [-0.4, -0.2) is 23.9 Å². The molecule has 96 valence electrons. The third-order valence-electron chi connectivity index (χ3n) is 2.73. The normalized spacial score (nSPS) is 10.6. The highest BCUT2D eigenvalue weighted by atomic mass is 32.1. The van der Waals surface area contributed by atoms with E-state index in [4.69, 9.17) is 10.5 Å². The van der Waals surface area contributed by atoms with E-state index < -0.39 is 0 Å². The van der Waals surface area contributed by atoms with Crippen LogP contribution in [0.1, 0.15) is 17.5 Å². The monoisotopic (exact) mass is 263 g/mol. The van der Waals surface area contributed by atoms with Gasteiger partial charge < -0.3 is 10.5 Å². The van der Waals surface area contributed by atoms with E-state index in [0.29, 0.717) is 6.54 Å². The molecule has 2 aromatic rings. The van der Waals surface area contributed by atoms with Crippen molar-refractivity contribution in [1.82, 2.24) is 10.2 Å². The smallest absolute Gasteiger partial charge is 0.151 e. The Morgan fingerprint density at radius 2 is 2.17 bits per heavy atom. The average Bonchev–Trinajstić information content (AvgIpc) is 2.87. The topological polar surface area (TPSA) is 61.0 Å². The van der Waals surface area contributed by atoms with Gasteiger partial charge in [-0.2, -0.15) is 0 Å². The predicted octanol–water partition coefficient (Wildman–Crippen LogP) is 2.28. The Labute approximate surface area is 111 Å². The molecule has 1 heterocycles. The molecule has 0 aliphatic carbocycles. The number of hydrogen-bond donors (Lipinski definition) is 1. The van der Waals surface area contributed by atoms with E-state index in [1.165, 1.54) is 5.56 Å². The number of methoxy groups -OCH3 is 1. The van der Waals surface area contributed by atoms with E-state index in [9.17, 15) is 0 Å². The van der Waals surface area contributed by atoms with Crippen molar-refractivity contribution in [3.8, 4) is 16.3 Å². The average molecular weight is 263 g/mol. The zero-order chi connectivity index (χ0) is 13.0. The second-order valence-corrected chi connectivity index (χ2v) is 4.99. The van der Waals surface area contributed by atoms with Crippen LogP contribution in [0.15, 0.2) is 18.2 Å². The highest BCUT2D eigenvalue weighted by Gasteiger charge is 2.12. The minimum Gasteiger partial charge on any atom is -0.496 e. The highest BCUT2D eigenvalue weighted by molar-refractivity contribution is 7.14. The van der Waals surface area contributed by atoms with Gasteiger partial charge in [0.2, 0.25) is 0 Å². The first kappa shape index (κ1) is 13.0. The molecule has 0 radical (unpaired) electrons. The van der Waals surface area contributed by atoms with Crippen LogP contribution in [0.25, 0.3) is 10.6 Å². The minimum atomic E-state index is 0.598. The second-order valence-electron chi connectivity index (χ2n) is 3.93. The van der Waals surface area contributed by atoms with Gasteiger partial charge in [-0.3, -0.25) is 0 Å². The second kappa shape index (κ2) is 5.93. The molecule has 1 aromatic carbocycles. The first-order valence-electron chi connectivity index (χ1n) is 5.98. The molecule has 0 amide bonds. The van der Waals surface area contributed by atoms with Crippen molar-refractivity contribution in [3.05, 3.63) is 28.8 Å². The van der Waals surface area contributed by atoms with Crippen LogP contribution in [0.2, 0.25) is 0 Å². The molecule has 1 aromatic heterocycles. The van der Waals surface area contributed by atoms with Gasteiger partial charge in [0.25, 0.3) is 0 Å². The number of hydrogen-bond acceptors (Lipinski definition) is 5. The van der Waals surface area contributed by atoms with E-state index in [2.05, 4.69) is 29.3 Å².